The van der Waals surface area contributed by atoms with Crippen molar-refractivity contribution in [2.75, 3.05) is 4.31 Å². The first-order chi connectivity index (χ1) is 13.9. The van der Waals surface area contributed by atoms with Gasteiger partial charge in [0.25, 0.3) is 15.9 Å². The highest BCUT2D eigenvalue weighted by atomic mass is 32.2. The molecule has 0 fully saturated rings. The monoisotopic (exact) mass is 408 g/mol. The van der Waals surface area contributed by atoms with Crippen LogP contribution < -0.4 is 9.62 Å². The molecule has 0 aliphatic carbocycles. The standard InChI is InChI=1S/C23H24N2O3S/c1-18(2)24-23(26)21-15-9-10-16-22(21)25(17-19-11-5-3-6-12-19)29(27,28)20-13-7-4-8-14-20/h3-16,18H,17H2,1-2H3,(H,24,26). The average molecular weight is 409 g/mol. The fraction of sp³-hybridized carbons (Fsp3) is 0.174. The Hall–Kier alpha value is -3.12. The lowest BCUT2D eigenvalue weighted by atomic mass is 10.1. The van der Waals surface area contributed by atoms with E-state index in [0.717, 1.165) is 5.56 Å². The van der Waals surface area contributed by atoms with Gasteiger partial charge in [-0.05, 0) is 43.7 Å². The fourth-order valence-corrected chi connectivity index (χ4v) is 4.48. The summed E-state index contributed by atoms with van der Waals surface area (Å²) in [5.41, 5.74) is 1.49. The summed E-state index contributed by atoms with van der Waals surface area (Å²) in [6, 6.07) is 24.3. The van der Waals surface area contributed by atoms with Gasteiger partial charge in [0.1, 0.15) is 0 Å². The Kier molecular flexibility index (Phi) is 6.34. The normalized spacial score (nSPS) is 11.3. The second kappa shape index (κ2) is 8.92. The van der Waals surface area contributed by atoms with Gasteiger partial charge in [-0.15, -0.1) is 0 Å². The first-order valence-electron chi connectivity index (χ1n) is 9.41. The van der Waals surface area contributed by atoms with Crippen molar-refractivity contribution in [3.05, 3.63) is 96.1 Å². The van der Waals surface area contributed by atoms with Crippen LogP contribution in [0.25, 0.3) is 0 Å². The van der Waals surface area contributed by atoms with Gasteiger partial charge >= 0.3 is 0 Å². The van der Waals surface area contributed by atoms with Crippen molar-refractivity contribution in [1.82, 2.24) is 5.32 Å². The summed E-state index contributed by atoms with van der Waals surface area (Å²) < 4.78 is 28.4. The van der Waals surface area contributed by atoms with Crippen molar-refractivity contribution in [2.24, 2.45) is 0 Å². The predicted molar refractivity (Wildman–Crippen MR) is 115 cm³/mol. The van der Waals surface area contributed by atoms with Gasteiger partial charge in [0, 0.05) is 6.04 Å². The third-order valence-electron chi connectivity index (χ3n) is 4.34. The summed E-state index contributed by atoms with van der Waals surface area (Å²) >= 11 is 0. The molecule has 1 N–H and O–H groups in total. The molecule has 1 amide bonds. The Morgan fingerprint density at radius 2 is 1.41 bits per heavy atom. The highest BCUT2D eigenvalue weighted by Gasteiger charge is 2.28. The summed E-state index contributed by atoms with van der Waals surface area (Å²) in [6.45, 7) is 3.84. The van der Waals surface area contributed by atoms with E-state index in [1.165, 1.54) is 4.31 Å². The number of carbonyl (C=O) groups excluding carboxylic acids is 1. The third kappa shape index (κ3) is 4.84. The number of nitrogens with one attached hydrogen (secondary N) is 1. The molecule has 29 heavy (non-hydrogen) atoms. The Morgan fingerprint density at radius 1 is 0.862 bits per heavy atom. The van der Waals surface area contributed by atoms with Gasteiger partial charge in [-0.3, -0.25) is 9.10 Å². The molecule has 0 aliphatic rings. The molecule has 3 aromatic carbocycles. The summed E-state index contributed by atoms with van der Waals surface area (Å²) in [4.78, 5) is 12.9. The van der Waals surface area contributed by atoms with Crippen molar-refractivity contribution >= 4 is 21.6 Å². The predicted octanol–water partition coefficient (Wildman–Crippen LogP) is 4.22. The van der Waals surface area contributed by atoms with Gasteiger partial charge in [-0.25, -0.2) is 8.42 Å². The summed E-state index contributed by atoms with van der Waals surface area (Å²) in [5, 5.41) is 2.85. The number of nitrogens with zero attached hydrogens (tertiary/aromatic N) is 1. The van der Waals surface area contributed by atoms with Crippen LogP contribution in [0.3, 0.4) is 0 Å². The van der Waals surface area contributed by atoms with Gasteiger partial charge in [0.2, 0.25) is 0 Å². The number of para-hydroxylation sites is 1. The molecule has 0 bridgehead atoms. The van der Waals surface area contributed by atoms with E-state index in [2.05, 4.69) is 5.32 Å². The van der Waals surface area contributed by atoms with E-state index in [4.69, 9.17) is 0 Å². The van der Waals surface area contributed by atoms with E-state index in [-0.39, 0.29) is 23.4 Å². The molecule has 0 saturated heterocycles. The highest BCUT2D eigenvalue weighted by Crippen LogP contribution is 2.29. The molecular weight excluding hydrogens is 384 g/mol. The van der Waals surface area contributed by atoms with Crippen molar-refractivity contribution in [2.45, 2.75) is 31.3 Å². The first-order valence-corrected chi connectivity index (χ1v) is 10.8. The van der Waals surface area contributed by atoms with Gasteiger partial charge < -0.3 is 5.32 Å². The van der Waals surface area contributed by atoms with Crippen LogP contribution in [0.2, 0.25) is 0 Å². The number of anilines is 1. The van der Waals surface area contributed by atoms with Gasteiger partial charge in [0.05, 0.1) is 22.7 Å². The van der Waals surface area contributed by atoms with Crippen molar-refractivity contribution < 1.29 is 13.2 Å². The zero-order valence-electron chi connectivity index (χ0n) is 16.4. The van der Waals surface area contributed by atoms with E-state index < -0.39 is 10.0 Å². The van der Waals surface area contributed by atoms with E-state index in [1.807, 2.05) is 44.2 Å². The van der Waals surface area contributed by atoms with E-state index in [1.54, 1.807) is 54.6 Å². The molecule has 0 radical (unpaired) electrons. The maximum atomic E-state index is 13.5. The zero-order chi connectivity index (χ0) is 20.9. The lowest BCUT2D eigenvalue weighted by Crippen LogP contribution is -2.35. The molecule has 6 heteroatoms. The zero-order valence-corrected chi connectivity index (χ0v) is 17.3. The molecule has 3 rings (SSSR count). The van der Waals surface area contributed by atoms with Crippen molar-refractivity contribution in [3.63, 3.8) is 0 Å². The largest absolute Gasteiger partial charge is 0.350 e. The van der Waals surface area contributed by atoms with Gasteiger partial charge in [-0.1, -0.05) is 60.7 Å². The molecule has 0 unspecified atom stereocenters. The maximum absolute atomic E-state index is 13.5. The van der Waals surface area contributed by atoms with E-state index in [0.29, 0.717) is 11.3 Å². The number of benzene rings is 3. The molecule has 0 heterocycles. The van der Waals surface area contributed by atoms with Crippen LogP contribution in [0.5, 0.6) is 0 Å². The van der Waals surface area contributed by atoms with Crippen LogP contribution in [0.4, 0.5) is 5.69 Å². The molecule has 0 saturated carbocycles. The molecule has 150 valence electrons. The van der Waals surface area contributed by atoms with Gasteiger partial charge in [-0.2, -0.15) is 0 Å². The topological polar surface area (TPSA) is 66.5 Å². The molecule has 0 aliphatic heterocycles. The van der Waals surface area contributed by atoms with Crippen molar-refractivity contribution in [1.29, 1.82) is 0 Å². The average Bonchev–Trinajstić information content (AvgIpc) is 2.73. The summed E-state index contributed by atoms with van der Waals surface area (Å²) in [7, 11) is -3.88. The minimum absolute atomic E-state index is 0.0659. The van der Waals surface area contributed by atoms with Crippen molar-refractivity contribution in [3.8, 4) is 0 Å². The Balaban J connectivity index is 2.13. The van der Waals surface area contributed by atoms with E-state index in [9.17, 15) is 13.2 Å². The molecule has 5 nitrogen and oxygen atoms in total. The van der Waals surface area contributed by atoms with Crippen LogP contribution in [-0.2, 0) is 16.6 Å². The molecule has 0 atom stereocenters. The summed E-state index contributed by atoms with van der Waals surface area (Å²) in [6.07, 6.45) is 0. The summed E-state index contributed by atoms with van der Waals surface area (Å²) in [5.74, 6) is -0.308. The second-order valence-corrected chi connectivity index (χ2v) is 8.82. The number of rotatable bonds is 7. The maximum Gasteiger partial charge on any atom is 0.264 e. The smallest absolute Gasteiger partial charge is 0.264 e. The lowest BCUT2D eigenvalue weighted by molar-refractivity contribution is 0.0944. The van der Waals surface area contributed by atoms with Crippen LogP contribution in [0, 0.1) is 0 Å². The SMILES string of the molecule is CC(C)NC(=O)c1ccccc1N(Cc1ccccc1)S(=O)(=O)c1ccccc1. The molecule has 0 aromatic heterocycles. The number of hydrogen-bond acceptors (Lipinski definition) is 3. The fourth-order valence-electron chi connectivity index (χ4n) is 2.99. The highest BCUT2D eigenvalue weighted by molar-refractivity contribution is 7.92. The molecule has 3 aromatic rings. The third-order valence-corrected chi connectivity index (χ3v) is 6.11. The number of hydrogen-bond donors (Lipinski definition) is 1. The molecule has 0 spiro atoms. The Labute approximate surface area is 172 Å². The quantitative estimate of drug-likeness (QED) is 0.636. The van der Waals surface area contributed by atoms with E-state index >= 15 is 0 Å². The van der Waals surface area contributed by atoms with Crippen LogP contribution in [-0.4, -0.2) is 20.4 Å². The van der Waals surface area contributed by atoms with Gasteiger partial charge in [0.15, 0.2) is 0 Å². The minimum Gasteiger partial charge on any atom is -0.350 e. The Bertz CT molecular complexity index is 1070. The number of amides is 1. The van der Waals surface area contributed by atoms with Crippen LogP contribution in [0.15, 0.2) is 89.8 Å². The Morgan fingerprint density at radius 3 is 2.03 bits per heavy atom. The first kappa shape index (κ1) is 20.6. The van der Waals surface area contributed by atoms with Crippen LogP contribution >= 0.6 is 0 Å². The second-order valence-electron chi connectivity index (χ2n) is 6.96. The lowest BCUT2D eigenvalue weighted by Gasteiger charge is -2.27. The molecular formula is C23H24N2O3S. The number of carbonyl (C=O) groups is 1. The van der Waals surface area contributed by atoms with Crippen LogP contribution in [0.1, 0.15) is 29.8 Å². The number of sulfonamides is 1. The minimum atomic E-state index is -3.88.